The minimum absolute atomic E-state index is 0.105. The van der Waals surface area contributed by atoms with E-state index >= 15 is 0 Å². The van der Waals surface area contributed by atoms with Crippen LogP contribution in [0.4, 0.5) is 0 Å². The number of rotatable bonds is 4. The van der Waals surface area contributed by atoms with Gasteiger partial charge in [-0.1, -0.05) is 41.1 Å². The Morgan fingerprint density at radius 3 is 2.56 bits per heavy atom. The predicted octanol–water partition coefficient (Wildman–Crippen LogP) is 4.19. The molecular weight excluding hydrogens is 336 g/mol. The molecule has 1 aromatic carbocycles. The predicted molar refractivity (Wildman–Crippen MR) is 105 cm³/mol. The highest BCUT2D eigenvalue weighted by Crippen LogP contribution is 2.28. The summed E-state index contributed by atoms with van der Waals surface area (Å²) in [5.74, 6) is 0.105. The van der Waals surface area contributed by atoms with Crippen LogP contribution in [0.3, 0.4) is 0 Å². The first-order valence-electron chi connectivity index (χ1n) is 9.17. The highest BCUT2D eigenvalue weighted by Gasteiger charge is 2.33. The molecular formula is C22H23N4O+. The monoisotopic (exact) mass is 359 g/mol. The SMILES string of the molecule is CC1=C(C(=O)Cc2c(-c3ccccc3)nc3ccc(C)cn23)C(C)N=[N+]1C. The summed E-state index contributed by atoms with van der Waals surface area (Å²) in [6.07, 6.45) is 2.35. The summed E-state index contributed by atoms with van der Waals surface area (Å²) < 4.78 is 3.85. The van der Waals surface area contributed by atoms with Crippen molar-refractivity contribution in [3.05, 3.63) is 71.2 Å². The number of pyridine rings is 1. The Hall–Kier alpha value is -3.08. The molecule has 0 aliphatic carbocycles. The number of nitrogens with zero attached hydrogens (tertiary/aromatic N) is 4. The number of imidazole rings is 1. The third-order valence-corrected chi connectivity index (χ3v) is 5.18. The summed E-state index contributed by atoms with van der Waals surface area (Å²) in [5, 5.41) is 4.47. The van der Waals surface area contributed by atoms with Crippen molar-refractivity contribution in [3.8, 4) is 11.3 Å². The van der Waals surface area contributed by atoms with E-state index in [4.69, 9.17) is 4.98 Å². The Morgan fingerprint density at radius 1 is 1.15 bits per heavy atom. The maximum atomic E-state index is 13.2. The fourth-order valence-electron chi connectivity index (χ4n) is 3.76. The Bertz CT molecular complexity index is 1110. The van der Waals surface area contributed by atoms with Crippen LogP contribution in [-0.2, 0) is 11.2 Å². The van der Waals surface area contributed by atoms with E-state index in [1.807, 2.05) is 80.9 Å². The summed E-state index contributed by atoms with van der Waals surface area (Å²) >= 11 is 0. The number of fused-ring (bicyclic) bond motifs is 1. The lowest BCUT2D eigenvalue weighted by molar-refractivity contribution is -0.512. The Balaban J connectivity index is 1.83. The molecule has 3 aromatic rings. The highest BCUT2D eigenvalue weighted by molar-refractivity contribution is 5.99. The lowest BCUT2D eigenvalue weighted by Crippen LogP contribution is -2.16. The largest absolute Gasteiger partial charge is 0.303 e. The van der Waals surface area contributed by atoms with Gasteiger partial charge in [0.1, 0.15) is 11.7 Å². The van der Waals surface area contributed by atoms with Crippen LogP contribution < -0.4 is 0 Å². The van der Waals surface area contributed by atoms with Crippen molar-refractivity contribution >= 4 is 11.4 Å². The fraction of sp³-hybridized carbons (Fsp3) is 0.273. The lowest BCUT2D eigenvalue weighted by Gasteiger charge is -2.07. The molecule has 27 heavy (non-hydrogen) atoms. The lowest BCUT2D eigenvalue weighted by atomic mass is 9.98. The molecule has 0 saturated carbocycles. The molecule has 5 nitrogen and oxygen atoms in total. The second-order valence-corrected chi connectivity index (χ2v) is 7.12. The number of aryl methyl sites for hydroxylation is 1. The molecule has 0 bridgehead atoms. The molecule has 2 aromatic heterocycles. The van der Waals surface area contributed by atoms with E-state index in [0.717, 1.165) is 39.4 Å². The van der Waals surface area contributed by atoms with Gasteiger partial charge in [-0.3, -0.25) is 4.79 Å². The van der Waals surface area contributed by atoms with E-state index in [0.29, 0.717) is 6.42 Å². The molecule has 3 heterocycles. The van der Waals surface area contributed by atoms with Crippen molar-refractivity contribution in [3.63, 3.8) is 0 Å². The number of carbonyl (C=O) groups excluding carboxylic acids is 1. The Morgan fingerprint density at radius 2 is 1.89 bits per heavy atom. The van der Waals surface area contributed by atoms with Gasteiger partial charge in [0.05, 0.1) is 23.4 Å². The molecule has 0 amide bonds. The van der Waals surface area contributed by atoms with E-state index in [1.54, 1.807) is 4.70 Å². The number of Topliss-reactive ketones (excluding diaryl/α,β-unsaturated/α-hetero) is 1. The zero-order valence-corrected chi connectivity index (χ0v) is 16.1. The van der Waals surface area contributed by atoms with Gasteiger partial charge >= 0.3 is 0 Å². The number of hydrogen-bond donors (Lipinski definition) is 0. The third-order valence-electron chi connectivity index (χ3n) is 5.18. The first-order chi connectivity index (χ1) is 13.0. The van der Waals surface area contributed by atoms with Crippen LogP contribution in [0.5, 0.6) is 0 Å². The second-order valence-electron chi connectivity index (χ2n) is 7.12. The number of aromatic nitrogens is 2. The maximum Gasteiger partial charge on any atom is 0.213 e. The van der Waals surface area contributed by atoms with Crippen LogP contribution >= 0.6 is 0 Å². The summed E-state index contributed by atoms with van der Waals surface area (Å²) in [5.41, 5.74) is 6.52. The van der Waals surface area contributed by atoms with Gasteiger partial charge < -0.3 is 4.40 Å². The van der Waals surface area contributed by atoms with Crippen LogP contribution in [0.15, 0.2) is 65.0 Å². The van der Waals surface area contributed by atoms with E-state index in [-0.39, 0.29) is 11.8 Å². The topological polar surface area (TPSA) is 49.7 Å². The molecule has 1 aliphatic rings. The zero-order valence-electron chi connectivity index (χ0n) is 16.1. The van der Waals surface area contributed by atoms with Crippen LogP contribution in [0.1, 0.15) is 25.1 Å². The second kappa shape index (κ2) is 6.58. The molecule has 1 atom stereocenters. The fourth-order valence-corrected chi connectivity index (χ4v) is 3.76. The van der Waals surface area contributed by atoms with Gasteiger partial charge in [-0.2, -0.15) is 0 Å². The van der Waals surface area contributed by atoms with Gasteiger partial charge in [0.2, 0.25) is 5.70 Å². The normalized spacial score (nSPS) is 16.9. The molecule has 136 valence electrons. The van der Waals surface area contributed by atoms with Crippen LogP contribution in [0.25, 0.3) is 16.9 Å². The van der Waals surface area contributed by atoms with E-state index in [2.05, 4.69) is 5.11 Å². The first-order valence-corrected chi connectivity index (χ1v) is 9.17. The van der Waals surface area contributed by atoms with Crippen LogP contribution in [0, 0.1) is 6.92 Å². The number of hydrogen-bond acceptors (Lipinski definition) is 3. The third kappa shape index (κ3) is 2.99. The molecule has 0 spiro atoms. The summed E-state index contributed by atoms with van der Waals surface area (Å²) in [6, 6.07) is 14.0. The average molecular weight is 359 g/mol. The number of allylic oxidation sites excluding steroid dienone is 1. The number of benzene rings is 1. The number of carbonyl (C=O) groups is 1. The quantitative estimate of drug-likeness (QED) is 0.656. The van der Waals surface area contributed by atoms with E-state index in [9.17, 15) is 4.79 Å². The van der Waals surface area contributed by atoms with Crippen molar-refractivity contribution in [2.45, 2.75) is 33.2 Å². The molecule has 0 fully saturated rings. The van der Waals surface area contributed by atoms with Crippen molar-refractivity contribution in [1.82, 2.24) is 9.38 Å². The van der Waals surface area contributed by atoms with Crippen molar-refractivity contribution in [2.24, 2.45) is 5.11 Å². The molecule has 4 rings (SSSR count). The molecule has 0 N–H and O–H groups in total. The number of azo groups is 2. The molecule has 0 saturated heterocycles. The van der Waals surface area contributed by atoms with Gasteiger partial charge in [0.15, 0.2) is 12.8 Å². The zero-order chi connectivity index (χ0) is 19.1. The van der Waals surface area contributed by atoms with E-state index in [1.165, 1.54) is 0 Å². The van der Waals surface area contributed by atoms with E-state index < -0.39 is 0 Å². The molecule has 1 aliphatic heterocycles. The van der Waals surface area contributed by atoms with Crippen LogP contribution in [0.2, 0.25) is 0 Å². The summed E-state index contributed by atoms with van der Waals surface area (Å²) in [4.78, 5) is 18.0. The minimum atomic E-state index is -0.108. The smallest absolute Gasteiger partial charge is 0.213 e. The van der Waals surface area contributed by atoms with Gasteiger partial charge in [0, 0.05) is 18.7 Å². The molecule has 0 radical (unpaired) electrons. The maximum absolute atomic E-state index is 13.2. The molecule has 1 unspecified atom stereocenters. The average Bonchev–Trinajstić information content (AvgIpc) is 3.12. The van der Waals surface area contributed by atoms with Gasteiger partial charge in [-0.15, -0.1) is 0 Å². The summed E-state index contributed by atoms with van der Waals surface area (Å²) in [6.45, 7) is 5.97. The van der Waals surface area contributed by atoms with Crippen molar-refractivity contribution in [1.29, 1.82) is 0 Å². The van der Waals surface area contributed by atoms with Crippen LogP contribution in [-0.4, -0.2) is 33.0 Å². The highest BCUT2D eigenvalue weighted by atomic mass is 16.1. The first kappa shape index (κ1) is 17.3. The van der Waals surface area contributed by atoms with Gasteiger partial charge in [-0.05, 0) is 30.6 Å². The minimum Gasteiger partial charge on any atom is -0.303 e. The van der Waals surface area contributed by atoms with Gasteiger partial charge in [0.25, 0.3) is 0 Å². The summed E-state index contributed by atoms with van der Waals surface area (Å²) in [7, 11) is 1.89. The van der Waals surface area contributed by atoms with Gasteiger partial charge in [-0.25, -0.2) is 4.98 Å². The Labute approximate surface area is 158 Å². The Kier molecular flexibility index (Phi) is 4.22. The standard InChI is InChI=1S/C22H23N4O/c1-14-10-11-20-23-22(17-8-6-5-7-9-17)18(26(20)13-14)12-19(27)21-15(2)24-25(4)16(21)3/h5-11,13,15H,12H2,1-4H3/q+1. The molecule has 5 heteroatoms. The van der Waals surface area contributed by atoms with Crippen molar-refractivity contribution < 1.29 is 9.49 Å². The number of ketones is 1. The van der Waals surface area contributed by atoms with Crippen molar-refractivity contribution in [2.75, 3.05) is 7.05 Å².